The molecule has 0 radical (unpaired) electrons. The number of hydrogen-bond acceptors (Lipinski definition) is 3. The summed E-state index contributed by atoms with van der Waals surface area (Å²) in [5, 5.41) is 6.24. The summed E-state index contributed by atoms with van der Waals surface area (Å²) in [6.07, 6.45) is 1.67. The molecule has 1 aromatic heterocycles. The molecule has 6 nitrogen and oxygen atoms in total. The first kappa shape index (κ1) is 16.3. The number of hydrogen-bond donors (Lipinski definition) is 2. The SMILES string of the molecule is O=C1CN(C(=O)N[C@H](c2cccc(Cl)c2)c2ccccn2)CCN1. The first-order valence-corrected chi connectivity index (χ1v) is 8.00. The van der Waals surface area contributed by atoms with E-state index in [1.807, 2.05) is 30.3 Å². The maximum absolute atomic E-state index is 12.6. The summed E-state index contributed by atoms with van der Waals surface area (Å²) < 4.78 is 0. The van der Waals surface area contributed by atoms with Crippen molar-refractivity contribution < 1.29 is 9.59 Å². The van der Waals surface area contributed by atoms with Crippen LogP contribution < -0.4 is 10.6 Å². The smallest absolute Gasteiger partial charge is 0.318 e. The Bertz CT molecular complexity index is 738. The van der Waals surface area contributed by atoms with Crippen LogP contribution in [0.1, 0.15) is 17.3 Å². The van der Waals surface area contributed by atoms with Crippen molar-refractivity contribution in [2.45, 2.75) is 6.04 Å². The Hall–Kier alpha value is -2.60. The third-order valence-corrected chi connectivity index (χ3v) is 3.99. The Morgan fingerprint density at radius 3 is 2.88 bits per heavy atom. The molecule has 2 aromatic rings. The van der Waals surface area contributed by atoms with E-state index in [1.165, 1.54) is 4.90 Å². The highest BCUT2D eigenvalue weighted by Gasteiger charge is 2.25. The van der Waals surface area contributed by atoms with Crippen LogP contribution in [0.5, 0.6) is 0 Å². The van der Waals surface area contributed by atoms with E-state index < -0.39 is 6.04 Å². The minimum atomic E-state index is -0.442. The molecule has 3 rings (SSSR count). The number of carbonyl (C=O) groups excluding carboxylic acids is 2. The van der Waals surface area contributed by atoms with E-state index in [0.717, 1.165) is 5.56 Å². The molecule has 1 atom stereocenters. The van der Waals surface area contributed by atoms with E-state index in [4.69, 9.17) is 11.6 Å². The lowest BCUT2D eigenvalue weighted by molar-refractivity contribution is -0.123. The fraction of sp³-hybridized carbons (Fsp3) is 0.235. The zero-order valence-electron chi connectivity index (χ0n) is 12.9. The zero-order valence-corrected chi connectivity index (χ0v) is 13.7. The van der Waals surface area contributed by atoms with Crippen molar-refractivity contribution in [1.82, 2.24) is 20.5 Å². The molecule has 1 saturated heterocycles. The average Bonchev–Trinajstić information content (AvgIpc) is 2.60. The molecule has 0 bridgehead atoms. The summed E-state index contributed by atoms with van der Waals surface area (Å²) in [5.41, 5.74) is 1.53. The first-order chi connectivity index (χ1) is 11.6. The van der Waals surface area contributed by atoms with Gasteiger partial charge in [0, 0.05) is 24.3 Å². The normalized spacial score (nSPS) is 15.5. The second kappa shape index (κ2) is 7.31. The maximum atomic E-state index is 12.6. The molecular weight excluding hydrogens is 328 g/mol. The molecule has 0 aliphatic carbocycles. The van der Waals surface area contributed by atoms with Gasteiger partial charge < -0.3 is 15.5 Å². The van der Waals surface area contributed by atoms with Crippen molar-refractivity contribution in [2.24, 2.45) is 0 Å². The summed E-state index contributed by atoms with van der Waals surface area (Å²) in [4.78, 5) is 29.9. The van der Waals surface area contributed by atoms with Gasteiger partial charge in [-0.15, -0.1) is 0 Å². The molecule has 24 heavy (non-hydrogen) atoms. The number of amides is 3. The number of pyridine rings is 1. The Kier molecular flexibility index (Phi) is 4.96. The number of rotatable bonds is 3. The number of carbonyl (C=O) groups is 2. The van der Waals surface area contributed by atoms with E-state index in [9.17, 15) is 9.59 Å². The molecule has 3 amide bonds. The molecule has 1 aliphatic rings. The predicted molar refractivity (Wildman–Crippen MR) is 90.6 cm³/mol. The van der Waals surface area contributed by atoms with E-state index >= 15 is 0 Å². The van der Waals surface area contributed by atoms with Crippen LogP contribution in [-0.4, -0.2) is 41.5 Å². The molecule has 0 unspecified atom stereocenters. The van der Waals surface area contributed by atoms with Crippen LogP contribution >= 0.6 is 11.6 Å². The largest absolute Gasteiger partial charge is 0.353 e. The summed E-state index contributed by atoms with van der Waals surface area (Å²) in [7, 11) is 0. The molecule has 1 fully saturated rings. The third kappa shape index (κ3) is 3.83. The van der Waals surface area contributed by atoms with Crippen LogP contribution in [0, 0.1) is 0 Å². The van der Waals surface area contributed by atoms with Gasteiger partial charge in [-0.1, -0.05) is 29.8 Å². The number of piperazine rings is 1. The molecule has 2 N–H and O–H groups in total. The van der Waals surface area contributed by atoms with Gasteiger partial charge in [-0.05, 0) is 29.8 Å². The van der Waals surface area contributed by atoms with Crippen molar-refractivity contribution in [1.29, 1.82) is 0 Å². The molecule has 124 valence electrons. The Morgan fingerprint density at radius 2 is 2.17 bits per heavy atom. The third-order valence-electron chi connectivity index (χ3n) is 3.76. The molecule has 1 aliphatic heterocycles. The first-order valence-electron chi connectivity index (χ1n) is 7.62. The molecule has 1 aromatic carbocycles. The van der Waals surface area contributed by atoms with E-state index in [-0.39, 0.29) is 18.5 Å². The van der Waals surface area contributed by atoms with Crippen LogP contribution in [0.4, 0.5) is 4.79 Å². The lowest BCUT2D eigenvalue weighted by atomic mass is 10.0. The second-order valence-electron chi connectivity index (χ2n) is 5.46. The highest BCUT2D eigenvalue weighted by Crippen LogP contribution is 2.23. The Labute approximate surface area is 144 Å². The molecular formula is C17H17ClN4O2. The van der Waals surface area contributed by atoms with Crippen molar-refractivity contribution in [3.8, 4) is 0 Å². The van der Waals surface area contributed by atoms with Gasteiger partial charge >= 0.3 is 6.03 Å². The summed E-state index contributed by atoms with van der Waals surface area (Å²) in [6, 6.07) is 12.1. The summed E-state index contributed by atoms with van der Waals surface area (Å²) >= 11 is 6.08. The second-order valence-corrected chi connectivity index (χ2v) is 5.90. The van der Waals surface area contributed by atoms with E-state index in [2.05, 4.69) is 15.6 Å². The fourth-order valence-electron chi connectivity index (χ4n) is 2.59. The van der Waals surface area contributed by atoms with E-state index in [0.29, 0.717) is 23.8 Å². The number of nitrogens with one attached hydrogen (secondary N) is 2. The van der Waals surface area contributed by atoms with Crippen molar-refractivity contribution in [3.63, 3.8) is 0 Å². The van der Waals surface area contributed by atoms with Crippen LogP contribution in [-0.2, 0) is 4.79 Å². The lowest BCUT2D eigenvalue weighted by Crippen LogP contribution is -2.53. The van der Waals surface area contributed by atoms with Crippen LogP contribution in [0.3, 0.4) is 0 Å². The monoisotopic (exact) mass is 344 g/mol. The van der Waals surface area contributed by atoms with Gasteiger partial charge in [-0.2, -0.15) is 0 Å². The number of nitrogens with zero attached hydrogens (tertiary/aromatic N) is 2. The topological polar surface area (TPSA) is 74.3 Å². The minimum absolute atomic E-state index is 0.0519. The maximum Gasteiger partial charge on any atom is 0.318 e. The van der Waals surface area contributed by atoms with Gasteiger partial charge in [0.15, 0.2) is 0 Å². The number of urea groups is 1. The van der Waals surface area contributed by atoms with E-state index in [1.54, 1.807) is 18.3 Å². The highest BCUT2D eigenvalue weighted by atomic mass is 35.5. The van der Waals surface area contributed by atoms with Crippen molar-refractivity contribution in [2.75, 3.05) is 19.6 Å². The fourth-order valence-corrected chi connectivity index (χ4v) is 2.79. The number of aromatic nitrogens is 1. The van der Waals surface area contributed by atoms with Gasteiger partial charge in [0.25, 0.3) is 0 Å². The highest BCUT2D eigenvalue weighted by molar-refractivity contribution is 6.30. The van der Waals surface area contributed by atoms with Gasteiger partial charge in [0.1, 0.15) is 6.54 Å². The summed E-state index contributed by atoms with van der Waals surface area (Å²) in [5.74, 6) is -0.159. The van der Waals surface area contributed by atoms with Gasteiger partial charge in [-0.3, -0.25) is 9.78 Å². The van der Waals surface area contributed by atoms with Gasteiger partial charge in [-0.25, -0.2) is 4.79 Å². The van der Waals surface area contributed by atoms with Crippen LogP contribution in [0.25, 0.3) is 0 Å². The molecule has 2 heterocycles. The number of benzene rings is 1. The van der Waals surface area contributed by atoms with Crippen LogP contribution in [0.15, 0.2) is 48.7 Å². The number of halogens is 1. The predicted octanol–water partition coefficient (Wildman–Crippen LogP) is 1.97. The average molecular weight is 345 g/mol. The van der Waals surface area contributed by atoms with Gasteiger partial charge in [0.2, 0.25) is 5.91 Å². The minimum Gasteiger partial charge on any atom is -0.353 e. The van der Waals surface area contributed by atoms with Gasteiger partial charge in [0.05, 0.1) is 11.7 Å². The Balaban J connectivity index is 1.85. The molecule has 0 spiro atoms. The van der Waals surface area contributed by atoms with Crippen LogP contribution in [0.2, 0.25) is 5.02 Å². The summed E-state index contributed by atoms with van der Waals surface area (Å²) in [6.45, 7) is 0.982. The molecule has 7 heteroatoms. The molecule has 0 saturated carbocycles. The lowest BCUT2D eigenvalue weighted by Gasteiger charge is -2.29. The Morgan fingerprint density at radius 1 is 1.29 bits per heavy atom. The quantitative estimate of drug-likeness (QED) is 0.894. The van der Waals surface area contributed by atoms with Crippen molar-refractivity contribution in [3.05, 3.63) is 64.9 Å². The standard InChI is InChI=1S/C17H17ClN4O2/c18-13-5-3-4-12(10-13)16(14-6-1-2-7-19-14)21-17(24)22-9-8-20-15(23)11-22/h1-7,10,16H,8-9,11H2,(H,20,23)(H,21,24)/t16-/m1/s1. The zero-order chi connectivity index (χ0) is 16.9. The van der Waals surface area contributed by atoms with Crippen molar-refractivity contribution >= 4 is 23.5 Å².